The highest BCUT2D eigenvalue weighted by Gasteiger charge is 2.32. The Hall–Kier alpha value is -0.310. The van der Waals surface area contributed by atoms with E-state index in [0.717, 1.165) is 38.0 Å². The molecule has 0 atom stereocenters. The van der Waals surface area contributed by atoms with Gasteiger partial charge in [-0.15, -0.1) is 11.6 Å². The predicted octanol–water partition coefficient (Wildman–Crippen LogP) is 4.06. The molecular formula is C13H15Cl2FO. The highest BCUT2D eigenvalue weighted by molar-refractivity contribution is 6.31. The largest absolute Gasteiger partial charge is 0.381 e. The Bertz CT molecular complexity index is 389. The molecule has 17 heavy (non-hydrogen) atoms. The molecule has 1 saturated heterocycles. The summed E-state index contributed by atoms with van der Waals surface area (Å²) in [4.78, 5) is 0. The number of halogens is 3. The maximum atomic E-state index is 13.2. The van der Waals surface area contributed by atoms with E-state index in [0.29, 0.717) is 10.9 Å². The molecule has 94 valence electrons. The third kappa shape index (κ3) is 3.12. The van der Waals surface area contributed by atoms with Gasteiger partial charge in [0.15, 0.2) is 0 Å². The average molecular weight is 277 g/mol. The van der Waals surface area contributed by atoms with Gasteiger partial charge < -0.3 is 4.74 Å². The van der Waals surface area contributed by atoms with Crippen LogP contribution < -0.4 is 0 Å². The summed E-state index contributed by atoms with van der Waals surface area (Å²) in [6.07, 6.45) is 2.53. The van der Waals surface area contributed by atoms with E-state index < -0.39 is 0 Å². The fraction of sp³-hybridized carbons (Fsp3) is 0.538. The van der Waals surface area contributed by atoms with E-state index >= 15 is 0 Å². The maximum Gasteiger partial charge on any atom is 0.123 e. The number of rotatable bonds is 3. The van der Waals surface area contributed by atoms with E-state index in [2.05, 4.69) is 0 Å². The zero-order chi connectivity index (χ0) is 12.3. The summed E-state index contributed by atoms with van der Waals surface area (Å²) >= 11 is 12.2. The molecule has 1 aromatic carbocycles. The first-order valence-electron chi connectivity index (χ1n) is 5.73. The van der Waals surface area contributed by atoms with Crippen LogP contribution in [0.4, 0.5) is 4.39 Å². The second kappa shape index (κ2) is 5.55. The Morgan fingerprint density at radius 1 is 1.29 bits per heavy atom. The predicted molar refractivity (Wildman–Crippen MR) is 68.3 cm³/mol. The van der Waals surface area contributed by atoms with E-state index in [9.17, 15) is 4.39 Å². The van der Waals surface area contributed by atoms with E-state index in [1.807, 2.05) is 0 Å². The molecule has 2 rings (SSSR count). The highest BCUT2D eigenvalue weighted by Crippen LogP contribution is 2.37. The second-order valence-corrected chi connectivity index (χ2v) is 5.33. The number of alkyl halides is 1. The zero-order valence-corrected chi connectivity index (χ0v) is 11.0. The summed E-state index contributed by atoms with van der Waals surface area (Å²) in [5, 5.41) is 0.613. The summed E-state index contributed by atoms with van der Waals surface area (Å²) in [5.41, 5.74) is 0.839. The maximum absolute atomic E-state index is 13.2. The zero-order valence-electron chi connectivity index (χ0n) is 9.52. The monoisotopic (exact) mass is 276 g/mol. The van der Waals surface area contributed by atoms with Crippen molar-refractivity contribution in [2.45, 2.75) is 19.3 Å². The number of hydrogen-bond acceptors (Lipinski definition) is 1. The van der Waals surface area contributed by atoms with Crippen molar-refractivity contribution in [3.05, 3.63) is 34.6 Å². The van der Waals surface area contributed by atoms with Crippen molar-refractivity contribution >= 4 is 23.2 Å². The third-order valence-electron chi connectivity index (χ3n) is 3.41. The van der Waals surface area contributed by atoms with Gasteiger partial charge in [0, 0.05) is 24.1 Å². The van der Waals surface area contributed by atoms with E-state index in [1.165, 1.54) is 12.1 Å². The minimum absolute atomic E-state index is 0.00274. The lowest BCUT2D eigenvalue weighted by Gasteiger charge is -2.35. The Morgan fingerprint density at radius 3 is 2.65 bits per heavy atom. The van der Waals surface area contributed by atoms with Gasteiger partial charge in [0.2, 0.25) is 0 Å². The Morgan fingerprint density at radius 2 is 2.00 bits per heavy atom. The van der Waals surface area contributed by atoms with E-state index in [-0.39, 0.29) is 11.2 Å². The molecule has 1 aliphatic heterocycles. The van der Waals surface area contributed by atoms with Crippen LogP contribution in [0.25, 0.3) is 0 Å². The normalized spacial score (nSPS) is 19.2. The van der Waals surface area contributed by atoms with Crippen molar-refractivity contribution in [1.29, 1.82) is 0 Å². The van der Waals surface area contributed by atoms with E-state index in [1.54, 1.807) is 6.07 Å². The first-order chi connectivity index (χ1) is 8.15. The summed E-state index contributed by atoms with van der Waals surface area (Å²) in [5.74, 6) is 0.310. The molecule has 0 aliphatic carbocycles. The lowest BCUT2D eigenvalue weighted by atomic mass is 9.77. The molecule has 1 aliphatic rings. The minimum Gasteiger partial charge on any atom is -0.381 e. The lowest BCUT2D eigenvalue weighted by Crippen LogP contribution is -2.33. The molecule has 1 aromatic rings. The van der Waals surface area contributed by atoms with Crippen LogP contribution in [-0.2, 0) is 11.2 Å². The van der Waals surface area contributed by atoms with Crippen molar-refractivity contribution in [3.8, 4) is 0 Å². The topological polar surface area (TPSA) is 9.23 Å². The molecule has 4 heteroatoms. The lowest BCUT2D eigenvalue weighted by molar-refractivity contribution is 0.0257. The van der Waals surface area contributed by atoms with Crippen molar-refractivity contribution in [2.24, 2.45) is 5.41 Å². The van der Waals surface area contributed by atoms with Gasteiger partial charge in [-0.1, -0.05) is 11.6 Å². The summed E-state index contributed by atoms with van der Waals surface area (Å²) in [6.45, 7) is 1.44. The quantitative estimate of drug-likeness (QED) is 0.757. The van der Waals surface area contributed by atoms with Crippen LogP contribution >= 0.6 is 23.2 Å². The molecule has 0 N–H and O–H groups in total. The summed E-state index contributed by atoms with van der Waals surface area (Å²) < 4.78 is 18.6. The molecule has 0 unspecified atom stereocenters. The van der Waals surface area contributed by atoms with Crippen molar-refractivity contribution in [3.63, 3.8) is 0 Å². The smallest absolute Gasteiger partial charge is 0.123 e. The van der Waals surface area contributed by atoms with Crippen LogP contribution in [0.3, 0.4) is 0 Å². The van der Waals surface area contributed by atoms with Gasteiger partial charge in [0.05, 0.1) is 0 Å². The molecule has 0 spiro atoms. The van der Waals surface area contributed by atoms with Crippen molar-refractivity contribution < 1.29 is 9.13 Å². The summed E-state index contributed by atoms with van der Waals surface area (Å²) in [6, 6.07) is 4.49. The van der Waals surface area contributed by atoms with Crippen LogP contribution in [0.1, 0.15) is 18.4 Å². The third-order valence-corrected chi connectivity index (χ3v) is 4.35. The molecular weight excluding hydrogens is 262 g/mol. The van der Waals surface area contributed by atoms with Gasteiger partial charge in [-0.25, -0.2) is 4.39 Å². The minimum atomic E-state index is -0.249. The fourth-order valence-electron chi connectivity index (χ4n) is 2.24. The highest BCUT2D eigenvalue weighted by atomic mass is 35.5. The van der Waals surface area contributed by atoms with Crippen LogP contribution in [0.5, 0.6) is 0 Å². The molecule has 1 fully saturated rings. The number of benzene rings is 1. The molecule has 0 bridgehead atoms. The van der Waals surface area contributed by atoms with Gasteiger partial charge in [-0.3, -0.25) is 0 Å². The molecule has 1 heterocycles. The van der Waals surface area contributed by atoms with Crippen LogP contribution in [0.15, 0.2) is 18.2 Å². The fourth-order valence-corrected chi connectivity index (χ4v) is 2.79. The van der Waals surface area contributed by atoms with E-state index in [4.69, 9.17) is 27.9 Å². The van der Waals surface area contributed by atoms with Crippen molar-refractivity contribution in [2.75, 3.05) is 19.1 Å². The molecule has 0 radical (unpaired) electrons. The van der Waals surface area contributed by atoms with Gasteiger partial charge in [-0.2, -0.15) is 0 Å². The second-order valence-electron chi connectivity index (χ2n) is 4.66. The number of ether oxygens (including phenoxy) is 1. The molecule has 0 amide bonds. The van der Waals surface area contributed by atoms with Crippen LogP contribution in [0, 0.1) is 11.2 Å². The Kier molecular flexibility index (Phi) is 4.29. The Labute approximate surface area is 111 Å². The number of hydrogen-bond donors (Lipinski definition) is 0. The van der Waals surface area contributed by atoms with Crippen LogP contribution in [-0.4, -0.2) is 19.1 Å². The first-order valence-corrected chi connectivity index (χ1v) is 6.64. The average Bonchev–Trinajstić information content (AvgIpc) is 2.35. The van der Waals surface area contributed by atoms with Gasteiger partial charge >= 0.3 is 0 Å². The van der Waals surface area contributed by atoms with Crippen LogP contribution in [0.2, 0.25) is 5.02 Å². The standard InChI is InChI=1S/C13H15Cl2FO/c14-9-13(3-5-17-6-4-13)8-10-7-11(16)1-2-12(10)15/h1-2,7H,3-6,8-9H2. The molecule has 1 nitrogen and oxygen atoms in total. The van der Waals surface area contributed by atoms with Gasteiger partial charge in [0.25, 0.3) is 0 Å². The Balaban J connectivity index is 2.20. The molecule has 0 aromatic heterocycles. The van der Waals surface area contributed by atoms with Gasteiger partial charge in [-0.05, 0) is 48.4 Å². The molecule has 0 saturated carbocycles. The van der Waals surface area contributed by atoms with Crippen molar-refractivity contribution in [1.82, 2.24) is 0 Å². The first kappa shape index (κ1) is 13.1. The SMILES string of the molecule is Fc1ccc(Cl)c(CC2(CCl)CCOCC2)c1. The summed E-state index contributed by atoms with van der Waals surface area (Å²) in [7, 11) is 0. The van der Waals surface area contributed by atoms with Gasteiger partial charge in [0.1, 0.15) is 5.82 Å².